The van der Waals surface area contributed by atoms with Gasteiger partial charge in [0, 0.05) is 0 Å². The summed E-state index contributed by atoms with van der Waals surface area (Å²) in [6.45, 7) is 2.86. The van der Waals surface area contributed by atoms with Crippen LogP contribution in [0.15, 0.2) is 24.3 Å². The van der Waals surface area contributed by atoms with E-state index in [0.717, 1.165) is 18.5 Å². The van der Waals surface area contributed by atoms with Crippen LogP contribution in [0.5, 0.6) is 0 Å². The topological polar surface area (TPSA) is 53.3 Å². The molecule has 1 rings (SSSR count). The summed E-state index contributed by atoms with van der Waals surface area (Å²) in [6.07, 6.45) is 0.959. The zero-order chi connectivity index (χ0) is 13.5. The van der Waals surface area contributed by atoms with Crippen LogP contribution in [0.1, 0.15) is 30.5 Å². The van der Waals surface area contributed by atoms with E-state index in [0.29, 0.717) is 5.56 Å². The minimum atomic E-state index is -0.414. The van der Waals surface area contributed by atoms with Crippen molar-refractivity contribution in [3.63, 3.8) is 0 Å². The van der Waals surface area contributed by atoms with Gasteiger partial charge in [-0.05, 0) is 37.7 Å². The number of nitrogens with zero attached hydrogens (tertiary/aromatic N) is 2. The number of carbonyl (C=O) groups is 1. The molecule has 1 aromatic rings. The summed E-state index contributed by atoms with van der Waals surface area (Å²) in [6, 6.07) is 8.67. The van der Waals surface area contributed by atoms with Crippen molar-refractivity contribution in [3.05, 3.63) is 35.4 Å². The Balaban J connectivity index is 3.01. The average molecular weight is 246 g/mol. The van der Waals surface area contributed by atoms with Crippen LogP contribution in [0.4, 0.5) is 0 Å². The molecule has 1 atom stereocenters. The summed E-state index contributed by atoms with van der Waals surface area (Å²) < 4.78 is 4.85. The highest BCUT2D eigenvalue weighted by Gasteiger charge is 2.25. The van der Waals surface area contributed by atoms with Gasteiger partial charge in [-0.1, -0.05) is 19.1 Å². The van der Waals surface area contributed by atoms with Gasteiger partial charge in [0.25, 0.3) is 0 Å². The maximum absolute atomic E-state index is 11.9. The molecular weight excluding hydrogens is 228 g/mol. The van der Waals surface area contributed by atoms with Crippen LogP contribution in [0.25, 0.3) is 0 Å². The second kappa shape index (κ2) is 6.77. The van der Waals surface area contributed by atoms with E-state index in [-0.39, 0.29) is 5.97 Å². The van der Waals surface area contributed by atoms with E-state index >= 15 is 0 Å². The van der Waals surface area contributed by atoms with Gasteiger partial charge >= 0.3 is 5.97 Å². The van der Waals surface area contributed by atoms with Gasteiger partial charge in [0.2, 0.25) is 0 Å². The van der Waals surface area contributed by atoms with Crippen molar-refractivity contribution in [3.8, 4) is 6.07 Å². The molecule has 0 heterocycles. The van der Waals surface area contributed by atoms with Crippen LogP contribution in [0.3, 0.4) is 0 Å². The van der Waals surface area contributed by atoms with Gasteiger partial charge in [-0.2, -0.15) is 5.26 Å². The maximum Gasteiger partial charge on any atom is 0.327 e. The van der Waals surface area contributed by atoms with Crippen LogP contribution in [-0.2, 0) is 9.53 Å². The van der Waals surface area contributed by atoms with Crippen molar-refractivity contribution < 1.29 is 9.53 Å². The molecule has 4 heteroatoms. The Morgan fingerprint density at radius 1 is 1.44 bits per heavy atom. The monoisotopic (exact) mass is 246 g/mol. The zero-order valence-corrected chi connectivity index (χ0v) is 11.0. The van der Waals surface area contributed by atoms with Gasteiger partial charge in [-0.25, -0.2) is 4.79 Å². The van der Waals surface area contributed by atoms with E-state index in [4.69, 9.17) is 10.00 Å². The molecule has 0 aliphatic heterocycles. The van der Waals surface area contributed by atoms with Crippen LogP contribution >= 0.6 is 0 Å². The first kappa shape index (κ1) is 14.2. The third kappa shape index (κ3) is 3.31. The van der Waals surface area contributed by atoms with Crippen molar-refractivity contribution in [2.45, 2.75) is 19.4 Å². The summed E-state index contributed by atoms with van der Waals surface area (Å²) in [5.74, 6) is -0.282. The Morgan fingerprint density at radius 2 is 2.06 bits per heavy atom. The molecule has 96 valence electrons. The number of esters is 1. The molecule has 4 nitrogen and oxygen atoms in total. The van der Waals surface area contributed by atoms with E-state index < -0.39 is 6.04 Å². The smallest absolute Gasteiger partial charge is 0.327 e. The largest absolute Gasteiger partial charge is 0.468 e. The van der Waals surface area contributed by atoms with Crippen molar-refractivity contribution in [1.29, 1.82) is 5.26 Å². The van der Waals surface area contributed by atoms with Crippen molar-refractivity contribution >= 4 is 5.97 Å². The normalized spacial score (nSPS) is 11.9. The second-order valence-corrected chi connectivity index (χ2v) is 4.14. The lowest BCUT2D eigenvalue weighted by Gasteiger charge is -2.25. The molecule has 0 spiro atoms. The molecule has 0 saturated carbocycles. The van der Waals surface area contributed by atoms with Gasteiger partial charge in [0.15, 0.2) is 0 Å². The second-order valence-electron chi connectivity index (χ2n) is 4.14. The molecule has 1 aromatic carbocycles. The average Bonchev–Trinajstić information content (AvgIpc) is 2.40. The number of ether oxygens (including phenoxy) is 1. The van der Waals surface area contributed by atoms with E-state index in [2.05, 4.69) is 13.0 Å². The van der Waals surface area contributed by atoms with E-state index in [1.807, 2.05) is 11.9 Å². The highest BCUT2D eigenvalue weighted by molar-refractivity contribution is 5.77. The highest BCUT2D eigenvalue weighted by atomic mass is 16.5. The van der Waals surface area contributed by atoms with Gasteiger partial charge in [0.1, 0.15) is 6.04 Å². The summed E-state index contributed by atoms with van der Waals surface area (Å²) in [4.78, 5) is 13.8. The van der Waals surface area contributed by atoms with Crippen molar-refractivity contribution in [1.82, 2.24) is 4.90 Å². The SMILES string of the molecule is CCCN(C)[C@@H](C(=O)OC)c1ccc(C#N)cc1. The Kier molecular flexibility index (Phi) is 5.34. The molecular formula is C14H18N2O2. The third-order valence-corrected chi connectivity index (χ3v) is 2.80. The molecule has 0 bridgehead atoms. The first-order chi connectivity index (χ1) is 8.63. The zero-order valence-electron chi connectivity index (χ0n) is 11.0. The quantitative estimate of drug-likeness (QED) is 0.747. The van der Waals surface area contributed by atoms with Gasteiger partial charge in [-0.15, -0.1) is 0 Å². The molecule has 0 aromatic heterocycles. The van der Waals surface area contributed by atoms with E-state index in [9.17, 15) is 4.79 Å². The fourth-order valence-corrected chi connectivity index (χ4v) is 1.90. The fraction of sp³-hybridized carbons (Fsp3) is 0.429. The predicted molar refractivity (Wildman–Crippen MR) is 68.8 cm³/mol. The number of likely N-dealkylation sites (N-methyl/N-ethyl adjacent to an activating group) is 1. The summed E-state index contributed by atoms with van der Waals surface area (Å²) in [5.41, 5.74) is 1.43. The number of hydrogen-bond acceptors (Lipinski definition) is 4. The van der Waals surface area contributed by atoms with Gasteiger partial charge in [-0.3, -0.25) is 4.90 Å². The Hall–Kier alpha value is -1.86. The van der Waals surface area contributed by atoms with Crippen molar-refractivity contribution in [2.24, 2.45) is 0 Å². The molecule has 0 saturated heterocycles. The molecule has 0 fully saturated rings. The molecule has 0 aliphatic rings. The predicted octanol–water partition coefficient (Wildman–Crippen LogP) is 2.11. The highest BCUT2D eigenvalue weighted by Crippen LogP contribution is 2.21. The van der Waals surface area contributed by atoms with Crippen LogP contribution in [-0.4, -0.2) is 31.6 Å². The molecule has 18 heavy (non-hydrogen) atoms. The molecule has 0 unspecified atom stereocenters. The Morgan fingerprint density at radius 3 is 2.50 bits per heavy atom. The number of benzene rings is 1. The first-order valence-corrected chi connectivity index (χ1v) is 5.92. The number of rotatable bonds is 5. The summed E-state index contributed by atoms with van der Waals surface area (Å²) in [5, 5.41) is 8.76. The molecule has 0 amide bonds. The maximum atomic E-state index is 11.9. The molecule has 0 aliphatic carbocycles. The molecule has 0 N–H and O–H groups in total. The Bertz CT molecular complexity index is 434. The van der Waals surface area contributed by atoms with Crippen LogP contribution in [0, 0.1) is 11.3 Å². The van der Waals surface area contributed by atoms with Gasteiger partial charge < -0.3 is 4.74 Å². The summed E-state index contributed by atoms with van der Waals surface area (Å²) in [7, 11) is 3.28. The molecule has 0 radical (unpaired) electrons. The lowest BCUT2D eigenvalue weighted by molar-refractivity contribution is -0.146. The number of carbonyl (C=O) groups excluding carboxylic acids is 1. The number of hydrogen-bond donors (Lipinski definition) is 0. The lowest BCUT2D eigenvalue weighted by Crippen LogP contribution is -2.32. The third-order valence-electron chi connectivity index (χ3n) is 2.80. The number of methoxy groups -OCH3 is 1. The van der Waals surface area contributed by atoms with Crippen LogP contribution < -0.4 is 0 Å². The van der Waals surface area contributed by atoms with Crippen molar-refractivity contribution in [2.75, 3.05) is 20.7 Å². The Labute approximate surface area is 108 Å². The number of nitriles is 1. The lowest BCUT2D eigenvalue weighted by atomic mass is 10.0. The van der Waals surface area contributed by atoms with Gasteiger partial charge in [0.05, 0.1) is 18.7 Å². The fourth-order valence-electron chi connectivity index (χ4n) is 1.90. The van der Waals surface area contributed by atoms with Crippen LogP contribution in [0.2, 0.25) is 0 Å². The summed E-state index contributed by atoms with van der Waals surface area (Å²) >= 11 is 0. The van der Waals surface area contributed by atoms with E-state index in [1.54, 1.807) is 24.3 Å². The standard InChI is InChI=1S/C14H18N2O2/c1-4-9-16(2)13(14(17)18-3)12-7-5-11(10-15)6-8-12/h5-8,13H,4,9H2,1-3H3/t13-/m1/s1. The van der Waals surface area contributed by atoms with E-state index in [1.165, 1.54) is 7.11 Å². The minimum absolute atomic E-state index is 0.282. The minimum Gasteiger partial charge on any atom is -0.468 e. The first-order valence-electron chi connectivity index (χ1n) is 5.92.